The zero-order chi connectivity index (χ0) is 17.0. The predicted octanol–water partition coefficient (Wildman–Crippen LogP) is 0.899. The number of carbonyl (C=O) groups is 1. The molecule has 22 heavy (non-hydrogen) atoms. The minimum atomic E-state index is -4.85. The van der Waals surface area contributed by atoms with E-state index < -0.39 is 37.4 Å². The minimum absolute atomic E-state index is 0.0361. The van der Waals surface area contributed by atoms with Gasteiger partial charge >= 0.3 is 6.18 Å². The molecule has 0 aromatic rings. The first kappa shape index (κ1) is 19.2. The highest BCUT2D eigenvalue weighted by Crippen LogP contribution is 2.30. The molecular weight excluding hydrogens is 301 g/mol. The molecule has 1 aliphatic rings. The van der Waals surface area contributed by atoms with Gasteiger partial charge in [-0.3, -0.25) is 10.1 Å². The minimum Gasteiger partial charge on any atom is -0.394 e. The summed E-state index contributed by atoms with van der Waals surface area (Å²) in [6.07, 6.45) is -1.18. The van der Waals surface area contributed by atoms with Crippen molar-refractivity contribution in [2.24, 2.45) is 5.92 Å². The zero-order valence-electron chi connectivity index (χ0n) is 13.0. The molecule has 0 heterocycles. The topological polar surface area (TPSA) is 72.8 Å². The molecule has 1 rings (SSSR count). The van der Waals surface area contributed by atoms with Crippen molar-refractivity contribution in [1.82, 2.24) is 10.2 Å². The van der Waals surface area contributed by atoms with Gasteiger partial charge in [0.2, 0.25) is 5.91 Å². The van der Waals surface area contributed by atoms with Gasteiger partial charge in [0, 0.05) is 13.1 Å². The fraction of sp³-hybridized carbons (Fsp3) is 0.929. The summed E-state index contributed by atoms with van der Waals surface area (Å²) in [6.45, 7) is -1.10. The molecular formula is C14H25F3N2O3. The number of likely N-dealkylation sites (N-methyl/N-ethyl adjacent to an activating group) is 1. The van der Waals surface area contributed by atoms with Gasteiger partial charge in [0.15, 0.2) is 5.54 Å². The number of hydrogen-bond donors (Lipinski definition) is 3. The summed E-state index contributed by atoms with van der Waals surface area (Å²) in [5, 5.41) is 19.9. The molecule has 0 saturated heterocycles. The SMILES string of the molecule is CC1CCC(N(C)C(=O)CNC(CO)(CO)C(F)(F)F)CC1. The van der Waals surface area contributed by atoms with Gasteiger partial charge in [-0.1, -0.05) is 6.92 Å². The van der Waals surface area contributed by atoms with E-state index in [-0.39, 0.29) is 6.04 Å². The Balaban J connectivity index is 2.60. The van der Waals surface area contributed by atoms with E-state index in [1.54, 1.807) is 7.05 Å². The first-order valence-electron chi connectivity index (χ1n) is 7.46. The summed E-state index contributed by atoms with van der Waals surface area (Å²) in [6, 6.07) is 0.0361. The summed E-state index contributed by atoms with van der Waals surface area (Å²) >= 11 is 0. The van der Waals surface area contributed by atoms with Crippen molar-refractivity contribution in [1.29, 1.82) is 0 Å². The second kappa shape index (κ2) is 7.61. The Morgan fingerprint density at radius 3 is 2.09 bits per heavy atom. The molecule has 0 aliphatic heterocycles. The van der Waals surface area contributed by atoms with E-state index in [9.17, 15) is 18.0 Å². The summed E-state index contributed by atoms with van der Waals surface area (Å²) in [5.74, 6) is 0.134. The number of alkyl halides is 3. The summed E-state index contributed by atoms with van der Waals surface area (Å²) in [7, 11) is 1.58. The van der Waals surface area contributed by atoms with Gasteiger partial charge in [-0.25, -0.2) is 0 Å². The Labute approximate surface area is 128 Å². The van der Waals surface area contributed by atoms with Crippen molar-refractivity contribution < 1.29 is 28.2 Å². The quantitative estimate of drug-likeness (QED) is 0.678. The molecule has 1 saturated carbocycles. The van der Waals surface area contributed by atoms with Gasteiger partial charge in [-0.05, 0) is 31.6 Å². The lowest BCUT2D eigenvalue weighted by molar-refractivity contribution is -0.217. The van der Waals surface area contributed by atoms with E-state index in [1.165, 1.54) is 4.90 Å². The van der Waals surface area contributed by atoms with Crippen LogP contribution < -0.4 is 5.32 Å². The van der Waals surface area contributed by atoms with Crippen molar-refractivity contribution in [2.75, 3.05) is 26.8 Å². The molecule has 130 valence electrons. The van der Waals surface area contributed by atoms with Crippen LogP contribution in [-0.4, -0.2) is 65.6 Å². The van der Waals surface area contributed by atoms with Gasteiger partial charge in [-0.2, -0.15) is 13.2 Å². The predicted molar refractivity (Wildman–Crippen MR) is 75.2 cm³/mol. The Morgan fingerprint density at radius 1 is 1.18 bits per heavy atom. The Kier molecular flexibility index (Phi) is 6.64. The van der Waals surface area contributed by atoms with E-state index >= 15 is 0 Å². The standard InChI is InChI=1S/C14H25F3N2O3/c1-10-3-5-11(6-4-10)19(2)12(22)7-18-13(8-20,9-21)14(15,16)17/h10-11,18,20-21H,3-9H2,1-2H3. The Morgan fingerprint density at radius 2 is 1.68 bits per heavy atom. The molecule has 5 nitrogen and oxygen atoms in total. The molecule has 3 N–H and O–H groups in total. The van der Waals surface area contributed by atoms with Crippen molar-refractivity contribution in [3.63, 3.8) is 0 Å². The number of nitrogens with one attached hydrogen (secondary N) is 1. The number of amides is 1. The monoisotopic (exact) mass is 326 g/mol. The van der Waals surface area contributed by atoms with E-state index in [2.05, 4.69) is 6.92 Å². The van der Waals surface area contributed by atoms with Crippen molar-refractivity contribution in [3.8, 4) is 0 Å². The molecule has 0 unspecified atom stereocenters. The zero-order valence-corrected chi connectivity index (χ0v) is 13.0. The number of carbonyl (C=O) groups excluding carboxylic acids is 1. The largest absolute Gasteiger partial charge is 0.411 e. The van der Waals surface area contributed by atoms with Crippen LogP contribution in [0, 0.1) is 5.92 Å². The number of rotatable bonds is 6. The van der Waals surface area contributed by atoms with Crippen molar-refractivity contribution in [3.05, 3.63) is 0 Å². The number of hydrogen-bond acceptors (Lipinski definition) is 4. The van der Waals surface area contributed by atoms with Gasteiger partial charge < -0.3 is 15.1 Å². The van der Waals surface area contributed by atoms with E-state index in [0.717, 1.165) is 25.7 Å². The van der Waals surface area contributed by atoms with E-state index in [0.29, 0.717) is 5.92 Å². The molecule has 1 aliphatic carbocycles. The fourth-order valence-electron chi connectivity index (χ4n) is 2.64. The molecule has 0 radical (unpaired) electrons. The van der Waals surface area contributed by atoms with Gasteiger partial charge in [0.05, 0.1) is 19.8 Å². The van der Waals surface area contributed by atoms with Crippen LogP contribution in [0.5, 0.6) is 0 Å². The fourth-order valence-corrected chi connectivity index (χ4v) is 2.64. The lowest BCUT2D eigenvalue weighted by Crippen LogP contribution is -2.64. The molecule has 0 atom stereocenters. The van der Waals surface area contributed by atoms with Gasteiger partial charge in [0.25, 0.3) is 0 Å². The highest BCUT2D eigenvalue weighted by Gasteiger charge is 2.54. The van der Waals surface area contributed by atoms with Crippen LogP contribution in [0.3, 0.4) is 0 Å². The molecule has 0 aromatic carbocycles. The molecule has 1 fully saturated rings. The molecule has 8 heteroatoms. The molecule has 0 spiro atoms. The maximum Gasteiger partial charge on any atom is 0.411 e. The lowest BCUT2D eigenvalue weighted by atomic mass is 9.87. The van der Waals surface area contributed by atoms with Crippen LogP contribution in [0.4, 0.5) is 13.2 Å². The van der Waals surface area contributed by atoms with E-state index in [1.807, 2.05) is 5.32 Å². The van der Waals surface area contributed by atoms with Crippen LogP contribution in [0.1, 0.15) is 32.6 Å². The van der Waals surface area contributed by atoms with Gasteiger partial charge in [-0.15, -0.1) is 0 Å². The second-order valence-corrected chi connectivity index (χ2v) is 6.17. The third-order valence-corrected chi connectivity index (χ3v) is 4.59. The van der Waals surface area contributed by atoms with Crippen molar-refractivity contribution in [2.45, 2.75) is 50.4 Å². The summed E-state index contributed by atoms with van der Waals surface area (Å²) < 4.78 is 38.8. The third-order valence-electron chi connectivity index (χ3n) is 4.59. The average molecular weight is 326 g/mol. The van der Waals surface area contributed by atoms with Crippen molar-refractivity contribution >= 4 is 5.91 Å². The first-order chi connectivity index (χ1) is 10.2. The number of aliphatic hydroxyl groups excluding tert-OH is 2. The Hall–Kier alpha value is -0.860. The van der Waals surface area contributed by atoms with Crippen LogP contribution >= 0.6 is 0 Å². The van der Waals surface area contributed by atoms with Crippen LogP contribution in [0.2, 0.25) is 0 Å². The maximum absolute atomic E-state index is 12.9. The highest BCUT2D eigenvalue weighted by molar-refractivity contribution is 5.78. The normalized spacial score (nSPS) is 23.4. The van der Waals surface area contributed by atoms with Crippen LogP contribution in [-0.2, 0) is 4.79 Å². The lowest BCUT2D eigenvalue weighted by Gasteiger charge is -2.36. The van der Waals surface area contributed by atoms with E-state index in [4.69, 9.17) is 10.2 Å². The number of nitrogens with zero attached hydrogens (tertiary/aromatic N) is 1. The second-order valence-electron chi connectivity index (χ2n) is 6.17. The van der Waals surface area contributed by atoms with Crippen LogP contribution in [0.25, 0.3) is 0 Å². The molecule has 0 aromatic heterocycles. The maximum atomic E-state index is 12.9. The van der Waals surface area contributed by atoms with Gasteiger partial charge in [0.1, 0.15) is 0 Å². The summed E-state index contributed by atoms with van der Waals surface area (Å²) in [4.78, 5) is 13.5. The van der Waals surface area contributed by atoms with Crippen LogP contribution in [0.15, 0.2) is 0 Å². The highest BCUT2D eigenvalue weighted by atomic mass is 19.4. The average Bonchev–Trinajstić information content (AvgIpc) is 2.47. The molecule has 1 amide bonds. The third kappa shape index (κ3) is 4.33. The smallest absolute Gasteiger partial charge is 0.394 e. The number of halogens is 3. The number of aliphatic hydroxyl groups is 2. The molecule has 0 bridgehead atoms. The first-order valence-corrected chi connectivity index (χ1v) is 7.46. The summed E-state index contributed by atoms with van der Waals surface area (Å²) in [5.41, 5.74) is -2.86. The Bertz CT molecular complexity index is 365.